The van der Waals surface area contributed by atoms with Crippen molar-refractivity contribution in [2.24, 2.45) is 0 Å². The van der Waals surface area contributed by atoms with Crippen molar-refractivity contribution in [1.29, 1.82) is 0 Å². The standard InChI is InChI=1S/C19H11ClOS/c20-17-9-4-6-12(16(17)11-21)14-7-3-8-15-13-5-1-2-10-18(13)22-19(14)15/h1-11H. The lowest BCUT2D eigenvalue weighted by molar-refractivity contribution is 0.112. The quantitative estimate of drug-likeness (QED) is 0.402. The van der Waals surface area contributed by atoms with Gasteiger partial charge in [0.05, 0.1) is 5.02 Å². The van der Waals surface area contributed by atoms with Crippen LogP contribution in [0.2, 0.25) is 5.02 Å². The molecule has 4 rings (SSSR count). The molecule has 0 aliphatic heterocycles. The zero-order valence-electron chi connectivity index (χ0n) is 11.5. The van der Waals surface area contributed by atoms with Crippen LogP contribution in [0.5, 0.6) is 0 Å². The number of thiophene rings is 1. The number of rotatable bonds is 2. The molecule has 0 bridgehead atoms. The highest BCUT2D eigenvalue weighted by molar-refractivity contribution is 7.26. The van der Waals surface area contributed by atoms with Crippen LogP contribution in [0.15, 0.2) is 60.7 Å². The molecule has 1 nitrogen and oxygen atoms in total. The number of fused-ring (bicyclic) bond motifs is 3. The second kappa shape index (κ2) is 5.24. The Balaban J connectivity index is 2.12. The number of halogens is 1. The van der Waals surface area contributed by atoms with Crippen molar-refractivity contribution < 1.29 is 4.79 Å². The monoisotopic (exact) mass is 322 g/mol. The van der Waals surface area contributed by atoms with Crippen LogP contribution in [0, 0.1) is 0 Å². The van der Waals surface area contributed by atoms with Crippen molar-refractivity contribution in [2.45, 2.75) is 0 Å². The molecule has 0 spiro atoms. The molecule has 22 heavy (non-hydrogen) atoms. The second-order valence-electron chi connectivity index (χ2n) is 5.10. The lowest BCUT2D eigenvalue weighted by Crippen LogP contribution is -1.89. The summed E-state index contributed by atoms with van der Waals surface area (Å²) in [6.45, 7) is 0. The lowest BCUT2D eigenvalue weighted by atomic mass is 9.98. The minimum absolute atomic E-state index is 0.491. The van der Waals surface area contributed by atoms with Gasteiger partial charge < -0.3 is 0 Å². The fourth-order valence-electron chi connectivity index (χ4n) is 2.85. The third kappa shape index (κ3) is 1.96. The van der Waals surface area contributed by atoms with Crippen LogP contribution < -0.4 is 0 Å². The summed E-state index contributed by atoms with van der Waals surface area (Å²) < 4.78 is 2.44. The van der Waals surface area contributed by atoms with E-state index in [1.807, 2.05) is 24.3 Å². The molecule has 0 amide bonds. The summed E-state index contributed by atoms with van der Waals surface area (Å²) in [5.74, 6) is 0. The fraction of sp³-hybridized carbons (Fsp3) is 0. The van der Waals surface area contributed by atoms with Crippen LogP contribution in [0.25, 0.3) is 31.3 Å². The topological polar surface area (TPSA) is 17.1 Å². The van der Waals surface area contributed by atoms with Crippen molar-refractivity contribution in [3.05, 3.63) is 71.2 Å². The predicted molar refractivity (Wildman–Crippen MR) is 95.2 cm³/mol. The maximum absolute atomic E-state index is 11.4. The summed E-state index contributed by atoms with van der Waals surface area (Å²) in [4.78, 5) is 11.4. The molecule has 0 N–H and O–H groups in total. The summed E-state index contributed by atoms with van der Waals surface area (Å²) in [5.41, 5.74) is 2.50. The van der Waals surface area contributed by atoms with Gasteiger partial charge in [-0.2, -0.15) is 0 Å². The Morgan fingerprint density at radius 3 is 2.41 bits per heavy atom. The normalized spacial score (nSPS) is 11.1. The first-order valence-electron chi connectivity index (χ1n) is 6.94. The molecule has 3 aromatic carbocycles. The maximum atomic E-state index is 11.4. The summed E-state index contributed by atoms with van der Waals surface area (Å²) in [7, 11) is 0. The van der Waals surface area contributed by atoms with E-state index in [1.165, 1.54) is 20.2 Å². The van der Waals surface area contributed by atoms with Gasteiger partial charge >= 0.3 is 0 Å². The van der Waals surface area contributed by atoms with Gasteiger partial charge in [-0.1, -0.05) is 60.1 Å². The molecule has 0 saturated heterocycles. The average molecular weight is 323 g/mol. The summed E-state index contributed by atoms with van der Waals surface area (Å²) >= 11 is 7.93. The van der Waals surface area contributed by atoms with Crippen molar-refractivity contribution in [3.8, 4) is 11.1 Å². The third-order valence-corrected chi connectivity index (χ3v) is 5.41. The van der Waals surface area contributed by atoms with Gasteiger partial charge in [0.15, 0.2) is 6.29 Å². The van der Waals surface area contributed by atoms with Gasteiger partial charge in [0.2, 0.25) is 0 Å². The molecule has 106 valence electrons. The number of aldehydes is 1. The first-order valence-corrected chi connectivity index (χ1v) is 8.13. The highest BCUT2D eigenvalue weighted by Crippen LogP contribution is 2.41. The van der Waals surface area contributed by atoms with Gasteiger partial charge in [0, 0.05) is 31.3 Å². The number of carbonyl (C=O) groups excluding carboxylic acids is 1. The van der Waals surface area contributed by atoms with Crippen LogP contribution in [0.4, 0.5) is 0 Å². The summed E-state index contributed by atoms with van der Waals surface area (Å²) in [6.07, 6.45) is 0.837. The van der Waals surface area contributed by atoms with Crippen molar-refractivity contribution in [2.75, 3.05) is 0 Å². The number of hydrogen-bond donors (Lipinski definition) is 0. The maximum Gasteiger partial charge on any atom is 0.152 e. The third-order valence-electron chi connectivity index (χ3n) is 3.87. The Hall–Kier alpha value is -2.16. The SMILES string of the molecule is O=Cc1c(Cl)cccc1-c1cccc2c1sc1ccccc12. The second-order valence-corrected chi connectivity index (χ2v) is 6.56. The van der Waals surface area contributed by atoms with E-state index in [-0.39, 0.29) is 0 Å². The summed E-state index contributed by atoms with van der Waals surface area (Å²) in [6, 6.07) is 20.2. The molecule has 3 heteroatoms. The smallest absolute Gasteiger partial charge is 0.152 e. The molecule has 1 heterocycles. The van der Waals surface area contributed by atoms with Gasteiger partial charge in [-0.15, -0.1) is 11.3 Å². The van der Waals surface area contributed by atoms with Crippen LogP contribution >= 0.6 is 22.9 Å². The molecule has 0 unspecified atom stereocenters. The van der Waals surface area contributed by atoms with Gasteiger partial charge in [-0.05, 0) is 17.7 Å². The highest BCUT2D eigenvalue weighted by atomic mass is 35.5. The molecule has 4 aromatic rings. The molecular formula is C19H11ClOS. The Kier molecular flexibility index (Phi) is 3.21. The number of benzene rings is 3. The fourth-order valence-corrected chi connectivity index (χ4v) is 4.30. The van der Waals surface area contributed by atoms with Gasteiger partial charge in [-0.25, -0.2) is 0 Å². The molecule has 0 atom stereocenters. The van der Waals surface area contributed by atoms with E-state index in [0.29, 0.717) is 10.6 Å². The minimum Gasteiger partial charge on any atom is -0.298 e. The van der Waals surface area contributed by atoms with Crippen molar-refractivity contribution in [1.82, 2.24) is 0 Å². The zero-order chi connectivity index (χ0) is 15.1. The number of carbonyl (C=O) groups is 1. The predicted octanol–water partition coefficient (Wildman–Crippen LogP) is 6.19. The summed E-state index contributed by atoms with van der Waals surface area (Å²) in [5, 5.41) is 2.96. The van der Waals surface area contributed by atoms with Crippen molar-refractivity contribution in [3.63, 3.8) is 0 Å². The van der Waals surface area contributed by atoms with E-state index in [4.69, 9.17) is 11.6 Å². The van der Waals surface area contributed by atoms with Crippen LogP contribution in [-0.4, -0.2) is 6.29 Å². The van der Waals surface area contributed by atoms with E-state index in [0.717, 1.165) is 17.4 Å². The molecule has 0 saturated carbocycles. The number of hydrogen-bond acceptors (Lipinski definition) is 2. The van der Waals surface area contributed by atoms with Crippen LogP contribution in [-0.2, 0) is 0 Å². The Morgan fingerprint density at radius 1 is 0.818 bits per heavy atom. The first-order chi connectivity index (χ1) is 10.8. The van der Waals surface area contributed by atoms with Crippen molar-refractivity contribution >= 4 is 49.4 Å². The molecule has 0 radical (unpaired) electrons. The first kappa shape index (κ1) is 13.5. The van der Waals surface area contributed by atoms with Gasteiger partial charge in [-0.3, -0.25) is 4.79 Å². The Labute approximate surface area is 136 Å². The van der Waals surface area contributed by atoms with E-state index < -0.39 is 0 Å². The Bertz CT molecular complexity index is 1020. The molecule has 0 aliphatic carbocycles. The molecular weight excluding hydrogens is 312 g/mol. The largest absolute Gasteiger partial charge is 0.298 e. The van der Waals surface area contributed by atoms with E-state index in [2.05, 4.69) is 30.3 Å². The average Bonchev–Trinajstić information content (AvgIpc) is 2.93. The van der Waals surface area contributed by atoms with Crippen LogP contribution in [0.1, 0.15) is 10.4 Å². The van der Waals surface area contributed by atoms with Gasteiger partial charge in [0.1, 0.15) is 0 Å². The Morgan fingerprint density at radius 2 is 1.55 bits per heavy atom. The highest BCUT2D eigenvalue weighted by Gasteiger charge is 2.13. The molecule has 0 aliphatic rings. The molecule has 0 fully saturated rings. The van der Waals surface area contributed by atoms with Crippen LogP contribution in [0.3, 0.4) is 0 Å². The van der Waals surface area contributed by atoms with E-state index in [1.54, 1.807) is 17.4 Å². The zero-order valence-corrected chi connectivity index (χ0v) is 13.1. The van der Waals surface area contributed by atoms with E-state index >= 15 is 0 Å². The minimum atomic E-state index is 0.491. The molecule has 1 aromatic heterocycles. The van der Waals surface area contributed by atoms with E-state index in [9.17, 15) is 4.79 Å². The van der Waals surface area contributed by atoms with Gasteiger partial charge in [0.25, 0.3) is 0 Å². The lowest BCUT2D eigenvalue weighted by Gasteiger charge is -2.08.